The number of halogens is 5. The summed E-state index contributed by atoms with van der Waals surface area (Å²) < 4.78 is 35.1. The predicted octanol–water partition coefficient (Wildman–Crippen LogP) is 3.79. The number of alkyl halides is 5. The molecule has 0 unspecified atom stereocenters. The van der Waals surface area contributed by atoms with Gasteiger partial charge in [0.1, 0.15) is 5.60 Å². The molecule has 0 aliphatic rings. The van der Waals surface area contributed by atoms with E-state index in [0.29, 0.717) is 0 Å². The first kappa shape index (κ1) is 13.8. The Morgan fingerprint density at radius 1 is 1.19 bits per heavy atom. The first-order chi connectivity index (χ1) is 7.11. The van der Waals surface area contributed by atoms with E-state index in [1.54, 1.807) is 6.07 Å². The highest BCUT2D eigenvalue weighted by molar-refractivity contribution is 9.10. The molecule has 0 bridgehead atoms. The molecule has 1 N–H and O–H groups in total. The highest BCUT2D eigenvalue weighted by atomic mass is 79.9. The van der Waals surface area contributed by atoms with Crippen molar-refractivity contribution in [3.8, 4) is 0 Å². The Labute approximate surface area is 104 Å². The maximum atomic E-state index is 12.7. The topological polar surface area (TPSA) is 20.2 Å². The van der Waals surface area contributed by atoms with Crippen molar-refractivity contribution in [2.24, 2.45) is 0 Å². The first-order valence-corrected chi connectivity index (χ1v) is 5.50. The lowest BCUT2D eigenvalue weighted by molar-refractivity contribution is -0.179. The van der Waals surface area contributed by atoms with Gasteiger partial charge in [-0.3, -0.25) is 0 Å². The molecule has 0 aromatic heterocycles. The lowest BCUT2D eigenvalue weighted by atomic mass is 9.92. The van der Waals surface area contributed by atoms with E-state index in [1.165, 1.54) is 24.3 Å². The van der Waals surface area contributed by atoms with Gasteiger partial charge >= 0.3 is 6.18 Å². The van der Waals surface area contributed by atoms with Crippen molar-refractivity contribution in [1.29, 1.82) is 0 Å². The van der Waals surface area contributed by atoms with Gasteiger partial charge in [0.15, 0.2) is 0 Å². The molecule has 0 amide bonds. The summed E-state index contributed by atoms with van der Waals surface area (Å²) in [7, 11) is 0. The highest BCUT2D eigenvalue weighted by Crippen LogP contribution is 2.52. The summed E-state index contributed by atoms with van der Waals surface area (Å²) in [5.41, 5.74) is -2.19. The molecule has 0 aliphatic heterocycles. The van der Waals surface area contributed by atoms with Gasteiger partial charge in [-0.2, -0.15) is 13.2 Å². The molecule has 0 radical (unpaired) electrons. The molecular weight excluding hydrogens is 308 g/mol. The smallest absolute Gasteiger partial charge is 0.382 e. The van der Waals surface area contributed by atoms with Gasteiger partial charge in [0.2, 0.25) is 3.78 Å². The summed E-state index contributed by atoms with van der Waals surface area (Å²) in [6.45, 7) is 1.01. The second kappa shape index (κ2) is 4.20. The number of hydrogen-bond acceptors (Lipinski definition) is 1. The van der Waals surface area contributed by atoms with Gasteiger partial charge in [0, 0.05) is 0 Å². The minimum absolute atomic E-state index is 0.0826. The van der Waals surface area contributed by atoms with Gasteiger partial charge in [0.25, 0.3) is 0 Å². The maximum absolute atomic E-state index is 12.7. The number of benzene rings is 1. The van der Waals surface area contributed by atoms with Crippen molar-refractivity contribution >= 4 is 27.5 Å². The van der Waals surface area contributed by atoms with Gasteiger partial charge in [-0.15, -0.1) is 0 Å². The third-order valence-corrected chi connectivity index (χ3v) is 4.11. The van der Waals surface area contributed by atoms with Gasteiger partial charge in [-0.1, -0.05) is 57.9 Å². The fourth-order valence-corrected chi connectivity index (χ4v) is 1.56. The SMILES string of the molecule is C[C@](O)(c1ccccc1)[C@](Cl)(Br)C(F)(F)F. The minimum Gasteiger partial charge on any atom is -0.382 e. The Kier molecular flexibility index (Phi) is 3.62. The molecule has 0 aliphatic carbocycles. The first-order valence-electron chi connectivity index (χ1n) is 4.33. The molecular formula is C10H9BrClF3O. The molecule has 0 saturated heterocycles. The van der Waals surface area contributed by atoms with Gasteiger partial charge in [-0.05, 0) is 12.5 Å². The van der Waals surface area contributed by atoms with Crippen molar-refractivity contribution in [3.63, 3.8) is 0 Å². The fourth-order valence-electron chi connectivity index (χ4n) is 1.22. The molecule has 0 heterocycles. The van der Waals surface area contributed by atoms with E-state index in [0.717, 1.165) is 6.92 Å². The van der Waals surface area contributed by atoms with E-state index in [-0.39, 0.29) is 5.56 Å². The van der Waals surface area contributed by atoms with Gasteiger partial charge < -0.3 is 5.11 Å². The quantitative estimate of drug-likeness (QED) is 0.823. The van der Waals surface area contributed by atoms with Crippen LogP contribution in [0, 0.1) is 0 Å². The molecule has 0 spiro atoms. The average Bonchev–Trinajstić information content (AvgIpc) is 2.17. The van der Waals surface area contributed by atoms with Crippen LogP contribution in [0.4, 0.5) is 13.2 Å². The van der Waals surface area contributed by atoms with E-state index in [9.17, 15) is 18.3 Å². The van der Waals surface area contributed by atoms with Crippen molar-refractivity contribution in [2.75, 3.05) is 0 Å². The summed E-state index contributed by atoms with van der Waals surface area (Å²) in [6.07, 6.45) is -4.78. The zero-order valence-corrected chi connectivity index (χ0v) is 10.6. The molecule has 0 fully saturated rings. The molecule has 1 nitrogen and oxygen atoms in total. The van der Waals surface area contributed by atoms with Crippen molar-refractivity contribution in [1.82, 2.24) is 0 Å². The second-order valence-electron chi connectivity index (χ2n) is 3.51. The Balaban J connectivity index is 3.22. The van der Waals surface area contributed by atoms with Gasteiger partial charge in [0.05, 0.1) is 0 Å². The van der Waals surface area contributed by atoms with Crippen molar-refractivity contribution in [3.05, 3.63) is 35.9 Å². The monoisotopic (exact) mass is 316 g/mol. The van der Waals surface area contributed by atoms with Crippen molar-refractivity contribution in [2.45, 2.75) is 22.5 Å². The van der Waals surface area contributed by atoms with E-state index in [2.05, 4.69) is 15.9 Å². The number of hydrogen-bond donors (Lipinski definition) is 1. The molecule has 90 valence electrons. The number of rotatable bonds is 2. The molecule has 1 aromatic rings. The van der Waals surface area contributed by atoms with Crippen LogP contribution in [0.5, 0.6) is 0 Å². The molecule has 16 heavy (non-hydrogen) atoms. The third kappa shape index (κ3) is 2.21. The average molecular weight is 318 g/mol. The lowest BCUT2D eigenvalue weighted by Gasteiger charge is -2.37. The minimum atomic E-state index is -4.78. The zero-order valence-electron chi connectivity index (χ0n) is 8.22. The Hall–Kier alpha value is -0.260. The number of aliphatic hydroxyl groups is 1. The van der Waals surface area contributed by atoms with Crippen LogP contribution in [0.2, 0.25) is 0 Å². The summed E-state index contributed by atoms with van der Waals surface area (Å²) >= 11 is 7.73. The maximum Gasteiger partial charge on any atom is 0.420 e. The Morgan fingerprint density at radius 3 is 2.00 bits per heavy atom. The van der Waals surface area contributed by atoms with E-state index in [4.69, 9.17) is 11.6 Å². The summed E-state index contributed by atoms with van der Waals surface area (Å²) in [5, 5.41) is 9.95. The van der Waals surface area contributed by atoms with Crippen LogP contribution in [-0.2, 0) is 5.60 Å². The van der Waals surface area contributed by atoms with Crippen LogP contribution >= 0.6 is 27.5 Å². The molecule has 6 heteroatoms. The normalized spacial score (nSPS) is 19.9. The van der Waals surface area contributed by atoms with Crippen LogP contribution in [0.1, 0.15) is 12.5 Å². The largest absolute Gasteiger partial charge is 0.420 e. The van der Waals surface area contributed by atoms with Gasteiger partial charge in [-0.25, -0.2) is 0 Å². The van der Waals surface area contributed by atoms with E-state index >= 15 is 0 Å². The highest BCUT2D eigenvalue weighted by Gasteiger charge is 2.63. The van der Waals surface area contributed by atoms with Crippen LogP contribution < -0.4 is 0 Å². The fraction of sp³-hybridized carbons (Fsp3) is 0.400. The van der Waals surface area contributed by atoms with Crippen molar-refractivity contribution < 1.29 is 18.3 Å². The van der Waals surface area contributed by atoms with Crippen LogP contribution in [-0.4, -0.2) is 15.1 Å². The molecule has 0 saturated carbocycles. The summed E-state index contributed by atoms with van der Waals surface area (Å²) in [4.78, 5) is 0. The predicted molar refractivity (Wildman–Crippen MR) is 59.6 cm³/mol. The third-order valence-electron chi connectivity index (χ3n) is 2.30. The van der Waals surface area contributed by atoms with E-state index < -0.39 is 15.6 Å². The zero-order chi connectivity index (χ0) is 12.6. The summed E-state index contributed by atoms with van der Waals surface area (Å²) in [5.74, 6) is 0. The second-order valence-corrected chi connectivity index (χ2v) is 5.72. The van der Waals surface area contributed by atoms with E-state index in [1.807, 2.05) is 0 Å². The van der Waals surface area contributed by atoms with Crippen LogP contribution in [0.25, 0.3) is 0 Å². The molecule has 1 aromatic carbocycles. The Morgan fingerprint density at radius 2 is 1.62 bits per heavy atom. The standard InChI is InChI=1S/C10H9BrClF3O/c1-8(16,7-5-3-2-4-6-7)9(11,12)10(13,14)15/h2-6,16H,1H3/t8-,9+/m0/s1. The molecule has 2 atom stereocenters. The molecule has 1 rings (SSSR count). The van der Waals surface area contributed by atoms with Crippen LogP contribution in [0.15, 0.2) is 30.3 Å². The lowest BCUT2D eigenvalue weighted by Crippen LogP contribution is -2.51. The Bertz CT molecular complexity index is 362. The van der Waals surface area contributed by atoms with Crippen LogP contribution in [0.3, 0.4) is 0 Å². The summed E-state index contributed by atoms with van der Waals surface area (Å²) in [6, 6.07) is 7.45.